The minimum atomic E-state index is -1.46. The summed E-state index contributed by atoms with van der Waals surface area (Å²) in [5, 5.41) is 4.27. The molecule has 140 valence electrons. The smallest absolute Gasteiger partial charge is 0.0803 e. The first-order valence-corrected chi connectivity index (χ1v) is 14.6. The molecule has 0 aliphatic heterocycles. The molecule has 0 spiro atoms. The summed E-state index contributed by atoms with van der Waals surface area (Å²) in [4.78, 5) is 0. The highest BCUT2D eigenvalue weighted by Crippen LogP contribution is 2.33. The van der Waals surface area contributed by atoms with Gasteiger partial charge in [-0.05, 0) is 34.0 Å². The molecular formula is C25H26NPSi. The summed E-state index contributed by atoms with van der Waals surface area (Å²) < 4.78 is 2.43. The molecule has 0 N–H and O–H groups in total. The Balaban J connectivity index is 1.92. The van der Waals surface area contributed by atoms with E-state index >= 15 is 0 Å². The zero-order valence-corrected chi connectivity index (χ0v) is 18.6. The van der Waals surface area contributed by atoms with Gasteiger partial charge in [0.2, 0.25) is 0 Å². The topological polar surface area (TPSA) is 4.93 Å². The highest BCUT2D eigenvalue weighted by atomic mass is 31.1. The second-order valence-corrected chi connectivity index (χ2v) is 15.2. The summed E-state index contributed by atoms with van der Waals surface area (Å²) in [5.74, 6) is 0. The van der Waals surface area contributed by atoms with Crippen molar-refractivity contribution >= 4 is 37.2 Å². The second-order valence-electron chi connectivity index (χ2n) is 8.01. The van der Waals surface area contributed by atoms with Gasteiger partial charge in [0, 0.05) is 19.8 Å². The van der Waals surface area contributed by atoms with Gasteiger partial charge < -0.3 is 4.57 Å². The van der Waals surface area contributed by atoms with Crippen LogP contribution in [0.1, 0.15) is 0 Å². The molecule has 0 amide bonds. The largest absolute Gasteiger partial charge is 0.316 e. The molecule has 3 heteroatoms. The van der Waals surface area contributed by atoms with Crippen molar-refractivity contribution in [2.75, 3.05) is 0 Å². The highest BCUT2D eigenvalue weighted by Gasteiger charge is 2.24. The van der Waals surface area contributed by atoms with Crippen LogP contribution in [0.3, 0.4) is 0 Å². The fourth-order valence-corrected chi connectivity index (χ4v) is 7.60. The van der Waals surface area contributed by atoms with E-state index < -0.39 is 16.0 Å². The van der Waals surface area contributed by atoms with Crippen LogP contribution in [0.5, 0.6) is 0 Å². The van der Waals surface area contributed by atoms with Crippen molar-refractivity contribution in [2.24, 2.45) is 0 Å². The van der Waals surface area contributed by atoms with Gasteiger partial charge in [-0.25, -0.2) is 0 Å². The quantitative estimate of drug-likeness (QED) is 0.336. The van der Waals surface area contributed by atoms with Crippen molar-refractivity contribution in [1.29, 1.82) is 0 Å². The van der Waals surface area contributed by atoms with E-state index in [-0.39, 0.29) is 0 Å². The molecule has 1 heterocycles. The summed E-state index contributed by atoms with van der Waals surface area (Å²) in [7, 11) is -2.09. The van der Waals surface area contributed by atoms with E-state index in [1.54, 1.807) is 0 Å². The Hall–Kier alpha value is -2.41. The molecule has 0 saturated carbocycles. The van der Waals surface area contributed by atoms with Crippen molar-refractivity contribution in [1.82, 2.24) is 4.57 Å². The highest BCUT2D eigenvalue weighted by molar-refractivity contribution is 7.79. The van der Waals surface area contributed by atoms with Gasteiger partial charge >= 0.3 is 0 Å². The molecule has 0 aliphatic rings. The molecule has 0 bridgehead atoms. The van der Waals surface area contributed by atoms with E-state index in [0.717, 1.165) is 0 Å². The van der Waals surface area contributed by atoms with Gasteiger partial charge in [-0.2, -0.15) is 0 Å². The summed E-state index contributed by atoms with van der Waals surface area (Å²) in [5.41, 5.74) is 2.71. The normalized spacial score (nSPS) is 11.7. The molecule has 0 atom stereocenters. The standard InChI is InChI=1S/C25H26NPSi/c1-28(2,3)24-18-11-10-17-23(24)26-20-12-19-25(26)27(21-13-6-4-7-14-21)22-15-8-5-9-16-22/h4-20H,1-3H3. The van der Waals surface area contributed by atoms with Crippen LogP contribution in [-0.2, 0) is 0 Å². The van der Waals surface area contributed by atoms with Crippen LogP contribution in [0.4, 0.5) is 0 Å². The number of nitrogens with zero attached hydrogens (tertiary/aromatic N) is 1. The van der Waals surface area contributed by atoms with E-state index in [4.69, 9.17) is 0 Å². The van der Waals surface area contributed by atoms with E-state index in [0.29, 0.717) is 0 Å². The Kier molecular flexibility index (Phi) is 5.35. The summed E-state index contributed by atoms with van der Waals surface area (Å²) in [6.07, 6.45) is 2.23. The van der Waals surface area contributed by atoms with Crippen LogP contribution < -0.4 is 21.2 Å². The van der Waals surface area contributed by atoms with Crippen LogP contribution in [0.25, 0.3) is 5.69 Å². The van der Waals surface area contributed by atoms with Gasteiger partial charge in [-0.3, -0.25) is 0 Å². The summed E-state index contributed by atoms with van der Waals surface area (Å²) in [6, 6.07) is 35.3. The number of aromatic nitrogens is 1. The van der Waals surface area contributed by atoms with Crippen molar-refractivity contribution in [3.63, 3.8) is 0 Å². The van der Waals surface area contributed by atoms with Crippen LogP contribution >= 0.6 is 7.92 Å². The lowest BCUT2D eigenvalue weighted by atomic mass is 10.3. The number of benzene rings is 3. The third-order valence-corrected chi connectivity index (χ3v) is 9.45. The van der Waals surface area contributed by atoms with Gasteiger partial charge in [0.25, 0.3) is 0 Å². The van der Waals surface area contributed by atoms with E-state index in [1.165, 1.54) is 26.9 Å². The second kappa shape index (κ2) is 7.91. The molecule has 0 fully saturated rings. The maximum absolute atomic E-state index is 2.43. The predicted molar refractivity (Wildman–Crippen MR) is 127 cm³/mol. The average Bonchev–Trinajstić information content (AvgIpc) is 3.18. The van der Waals surface area contributed by atoms with Crippen molar-refractivity contribution in [2.45, 2.75) is 19.6 Å². The zero-order valence-electron chi connectivity index (χ0n) is 16.7. The zero-order chi connectivity index (χ0) is 19.6. The number of para-hydroxylation sites is 1. The SMILES string of the molecule is C[Si](C)(C)c1ccccc1-n1cccc1P(c1ccccc1)c1ccccc1. The first kappa shape index (κ1) is 18.9. The molecule has 4 rings (SSSR count). The van der Waals surface area contributed by atoms with Crippen LogP contribution in [0, 0.1) is 0 Å². The van der Waals surface area contributed by atoms with E-state index in [9.17, 15) is 0 Å². The Morgan fingerprint density at radius 1 is 0.607 bits per heavy atom. The van der Waals surface area contributed by atoms with Gasteiger partial charge in [0.05, 0.1) is 13.5 Å². The lowest BCUT2D eigenvalue weighted by Gasteiger charge is -2.25. The molecular weight excluding hydrogens is 373 g/mol. The van der Waals surface area contributed by atoms with Gasteiger partial charge in [-0.15, -0.1) is 0 Å². The predicted octanol–water partition coefficient (Wildman–Crippen LogP) is 4.78. The van der Waals surface area contributed by atoms with Gasteiger partial charge in [0.1, 0.15) is 0 Å². The van der Waals surface area contributed by atoms with Crippen LogP contribution in [0.15, 0.2) is 103 Å². The molecule has 0 unspecified atom stereocenters. The third-order valence-electron chi connectivity index (χ3n) is 4.96. The lowest BCUT2D eigenvalue weighted by molar-refractivity contribution is 1.13. The molecule has 0 aliphatic carbocycles. The minimum Gasteiger partial charge on any atom is -0.316 e. The van der Waals surface area contributed by atoms with Crippen molar-refractivity contribution in [3.05, 3.63) is 103 Å². The maximum atomic E-state index is 2.43. The third kappa shape index (κ3) is 3.76. The molecule has 3 aromatic carbocycles. The Morgan fingerprint density at radius 2 is 1.14 bits per heavy atom. The van der Waals surface area contributed by atoms with Gasteiger partial charge in [0.15, 0.2) is 0 Å². The molecule has 1 aromatic heterocycles. The Labute approximate surface area is 170 Å². The van der Waals surface area contributed by atoms with Crippen molar-refractivity contribution in [3.8, 4) is 5.69 Å². The molecule has 28 heavy (non-hydrogen) atoms. The number of hydrogen-bond donors (Lipinski definition) is 0. The average molecular weight is 400 g/mol. The van der Waals surface area contributed by atoms with E-state index in [2.05, 4.69) is 127 Å². The number of hydrogen-bond acceptors (Lipinski definition) is 0. The Bertz CT molecular complexity index is 1010. The first-order valence-electron chi connectivity index (χ1n) is 9.73. The van der Waals surface area contributed by atoms with Crippen molar-refractivity contribution < 1.29 is 0 Å². The Morgan fingerprint density at radius 3 is 1.71 bits per heavy atom. The van der Waals surface area contributed by atoms with Crippen LogP contribution in [0.2, 0.25) is 19.6 Å². The van der Waals surface area contributed by atoms with E-state index in [1.807, 2.05) is 0 Å². The fourth-order valence-electron chi connectivity index (χ4n) is 3.64. The molecule has 1 nitrogen and oxygen atoms in total. The minimum absolute atomic E-state index is 0.623. The molecule has 0 saturated heterocycles. The lowest BCUT2D eigenvalue weighted by Crippen LogP contribution is -2.41. The van der Waals surface area contributed by atoms with Crippen LogP contribution in [-0.4, -0.2) is 12.6 Å². The number of rotatable bonds is 5. The summed E-state index contributed by atoms with van der Waals surface area (Å²) >= 11 is 0. The first-order chi connectivity index (χ1) is 13.6. The summed E-state index contributed by atoms with van der Waals surface area (Å²) in [6.45, 7) is 7.27. The molecule has 4 aromatic rings. The molecule has 0 radical (unpaired) electrons. The monoisotopic (exact) mass is 399 g/mol. The van der Waals surface area contributed by atoms with Gasteiger partial charge in [-0.1, -0.05) is 98.5 Å². The fraction of sp³-hybridized carbons (Fsp3) is 0.120. The maximum Gasteiger partial charge on any atom is 0.0803 e.